The van der Waals surface area contributed by atoms with E-state index >= 15 is 0 Å². The van der Waals surface area contributed by atoms with Crippen molar-refractivity contribution in [3.05, 3.63) is 29.3 Å². The van der Waals surface area contributed by atoms with Gasteiger partial charge in [0.05, 0.1) is 11.4 Å². The van der Waals surface area contributed by atoms with Crippen molar-refractivity contribution in [3.63, 3.8) is 0 Å². The Labute approximate surface area is 163 Å². The first-order chi connectivity index (χ1) is 12.8. The van der Waals surface area contributed by atoms with E-state index in [9.17, 15) is 13.2 Å². The zero-order valence-electron chi connectivity index (χ0n) is 16.6. The molecule has 0 saturated carbocycles. The van der Waals surface area contributed by atoms with E-state index in [1.165, 1.54) is 10.7 Å². The Bertz CT molecular complexity index is 786. The molecule has 0 aliphatic carbocycles. The minimum atomic E-state index is -3.52. The van der Waals surface area contributed by atoms with Crippen molar-refractivity contribution < 1.29 is 13.2 Å². The Morgan fingerprint density at radius 1 is 1.07 bits per heavy atom. The summed E-state index contributed by atoms with van der Waals surface area (Å²) in [4.78, 5) is 17.1. The van der Waals surface area contributed by atoms with Crippen LogP contribution in [0, 0.1) is 13.8 Å². The van der Waals surface area contributed by atoms with Crippen LogP contribution in [-0.4, -0.2) is 73.7 Å². The Morgan fingerprint density at radius 2 is 1.78 bits per heavy atom. The fourth-order valence-electron chi connectivity index (χ4n) is 3.97. The van der Waals surface area contributed by atoms with Gasteiger partial charge in [0.15, 0.2) is 0 Å². The highest BCUT2D eigenvalue weighted by Crippen LogP contribution is 2.23. The van der Waals surface area contributed by atoms with E-state index < -0.39 is 10.0 Å². The van der Waals surface area contributed by atoms with Gasteiger partial charge in [0.25, 0.3) is 0 Å². The van der Waals surface area contributed by atoms with E-state index in [0.29, 0.717) is 43.7 Å². The van der Waals surface area contributed by atoms with Crippen molar-refractivity contribution in [2.24, 2.45) is 0 Å². The Balaban J connectivity index is 1.61. The maximum absolute atomic E-state index is 13.0. The number of nitrogens with zero attached hydrogens (tertiary/aromatic N) is 3. The van der Waals surface area contributed by atoms with Gasteiger partial charge < -0.3 is 4.90 Å². The van der Waals surface area contributed by atoms with Crippen molar-refractivity contribution in [2.45, 2.75) is 51.0 Å². The predicted molar refractivity (Wildman–Crippen MR) is 106 cm³/mol. The van der Waals surface area contributed by atoms with Gasteiger partial charge in [-0.1, -0.05) is 18.6 Å². The molecule has 6 nitrogen and oxygen atoms in total. The minimum absolute atomic E-state index is 0.118. The molecular formula is C20H31N3O3S. The molecule has 2 fully saturated rings. The van der Waals surface area contributed by atoms with Crippen LogP contribution in [0.3, 0.4) is 0 Å². The summed E-state index contributed by atoms with van der Waals surface area (Å²) in [6.45, 7) is 8.98. The van der Waals surface area contributed by atoms with Crippen molar-refractivity contribution >= 4 is 15.9 Å². The number of aryl methyl sites for hydroxylation is 2. The molecule has 1 atom stereocenters. The molecule has 1 aromatic rings. The number of piperidine rings is 1. The molecule has 2 heterocycles. The highest BCUT2D eigenvalue weighted by Gasteiger charge is 2.32. The van der Waals surface area contributed by atoms with Gasteiger partial charge in [0.1, 0.15) is 0 Å². The lowest BCUT2D eigenvalue weighted by molar-refractivity contribution is -0.134. The third kappa shape index (κ3) is 4.52. The van der Waals surface area contributed by atoms with Gasteiger partial charge in [-0.25, -0.2) is 8.42 Å². The molecule has 2 saturated heterocycles. The van der Waals surface area contributed by atoms with Crippen LogP contribution < -0.4 is 0 Å². The van der Waals surface area contributed by atoms with Crippen LogP contribution in [0.25, 0.3) is 0 Å². The second-order valence-corrected chi connectivity index (χ2v) is 9.78. The maximum atomic E-state index is 13.0. The fourth-order valence-corrected chi connectivity index (χ4v) is 5.70. The predicted octanol–water partition coefficient (Wildman–Crippen LogP) is 2.01. The molecule has 27 heavy (non-hydrogen) atoms. The number of carbonyl (C=O) groups excluding carboxylic acids is 1. The van der Waals surface area contributed by atoms with Crippen LogP contribution in [0.5, 0.6) is 0 Å². The Hall–Kier alpha value is -1.44. The largest absolute Gasteiger partial charge is 0.339 e. The van der Waals surface area contributed by atoms with E-state index in [4.69, 9.17) is 0 Å². The van der Waals surface area contributed by atoms with E-state index in [-0.39, 0.29) is 5.91 Å². The van der Waals surface area contributed by atoms with Gasteiger partial charge in [0.2, 0.25) is 15.9 Å². The molecule has 0 N–H and O–H groups in total. The van der Waals surface area contributed by atoms with E-state index in [0.717, 1.165) is 30.5 Å². The summed E-state index contributed by atoms with van der Waals surface area (Å²) in [5, 5.41) is 0. The van der Waals surface area contributed by atoms with Crippen molar-refractivity contribution in [3.8, 4) is 0 Å². The van der Waals surface area contributed by atoms with Gasteiger partial charge in [-0.2, -0.15) is 4.31 Å². The molecule has 2 aliphatic rings. The summed E-state index contributed by atoms with van der Waals surface area (Å²) < 4.78 is 27.5. The third-order valence-electron chi connectivity index (χ3n) is 5.83. The number of sulfonamides is 1. The molecule has 0 spiro atoms. The number of benzene rings is 1. The highest BCUT2D eigenvalue weighted by atomic mass is 32.2. The number of piperazine rings is 1. The molecule has 1 aromatic carbocycles. The number of hydrogen-bond acceptors (Lipinski definition) is 4. The fraction of sp³-hybridized carbons (Fsp3) is 0.650. The second-order valence-electron chi connectivity index (χ2n) is 7.87. The van der Waals surface area contributed by atoms with Crippen molar-refractivity contribution in [1.29, 1.82) is 0 Å². The molecule has 2 aliphatic heterocycles. The zero-order chi connectivity index (χ0) is 19.6. The number of hydrogen-bond donors (Lipinski definition) is 0. The number of rotatable bonds is 4. The van der Waals surface area contributed by atoms with Gasteiger partial charge in [-0.15, -0.1) is 0 Å². The van der Waals surface area contributed by atoms with E-state index in [1.807, 2.05) is 30.9 Å². The van der Waals surface area contributed by atoms with Crippen LogP contribution in [-0.2, 0) is 14.8 Å². The monoisotopic (exact) mass is 393 g/mol. The molecule has 0 aromatic heterocycles. The molecule has 0 radical (unpaired) electrons. The highest BCUT2D eigenvalue weighted by molar-refractivity contribution is 7.89. The molecule has 150 valence electrons. The van der Waals surface area contributed by atoms with Crippen LogP contribution in [0.15, 0.2) is 23.1 Å². The van der Waals surface area contributed by atoms with Gasteiger partial charge in [-0.3, -0.25) is 9.69 Å². The van der Waals surface area contributed by atoms with E-state index in [2.05, 4.69) is 11.8 Å². The number of carbonyl (C=O) groups is 1. The molecule has 3 rings (SSSR count). The first-order valence-corrected chi connectivity index (χ1v) is 11.3. The maximum Gasteiger partial charge on any atom is 0.243 e. The zero-order valence-corrected chi connectivity index (χ0v) is 17.5. The topological polar surface area (TPSA) is 60.9 Å². The molecule has 0 unspecified atom stereocenters. The van der Waals surface area contributed by atoms with Crippen LogP contribution >= 0.6 is 0 Å². The van der Waals surface area contributed by atoms with Crippen LogP contribution in [0.2, 0.25) is 0 Å². The molecular weight excluding hydrogens is 362 g/mol. The van der Waals surface area contributed by atoms with Crippen molar-refractivity contribution in [1.82, 2.24) is 14.1 Å². The summed E-state index contributed by atoms with van der Waals surface area (Å²) >= 11 is 0. The molecule has 1 amide bonds. The van der Waals surface area contributed by atoms with Crippen molar-refractivity contribution in [2.75, 3.05) is 39.3 Å². The summed E-state index contributed by atoms with van der Waals surface area (Å²) in [5.41, 5.74) is 1.70. The summed E-state index contributed by atoms with van der Waals surface area (Å²) in [7, 11) is -3.52. The summed E-state index contributed by atoms with van der Waals surface area (Å²) in [6.07, 6.45) is 3.54. The number of amides is 1. The lowest BCUT2D eigenvalue weighted by atomic mass is 10.0. The van der Waals surface area contributed by atoms with Gasteiger partial charge in [-0.05, 0) is 57.4 Å². The summed E-state index contributed by atoms with van der Waals surface area (Å²) in [5.74, 6) is 0.118. The standard InChI is InChI=1S/C20H31N3O3S/c1-16-7-8-17(2)19(14-16)27(25,26)23-12-10-21(11-13-23)20(24)15-22-9-5-4-6-18(22)3/h7-8,14,18H,4-6,9-13,15H2,1-3H3/t18-/m1/s1. The second kappa shape index (κ2) is 8.29. The molecule has 7 heteroatoms. The van der Waals surface area contributed by atoms with Gasteiger partial charge in [0, 0.05) is 32.2 Å². The minimum Gasteiger partial charge on any atom is -0.339 e. The van der Waals surface area contributed by atoms with Crippen LogP contribution in [0.4, 0.5) is 0 Å². The van der Waals surface area contributed by atoms with Crippen LogP contribution in [0.1, 0.15) is 37.3 Å². The summed E-state index contributed by atoms with van der Waals surface area (Å²) in [6, 6.07) is 5.96. The first kappa shape index (κ1) is 20.3. The normalized spacial score (nSPS) is 22.8. The van der Waals surface area contributed by atoms with E-state index in [1.54, 1.807) is 6.07 Å². The lowest BCUT2D eigenvalue weighted by Crippen LogP contribution is -2.53. The third-order valence-corrected chi connectivity index (χ3v) is 7.87. The average Bonchev–Trinajstić information content (AvgIpc) is 2.65. The van der Waals surface area contributed by atoms with Gasteiger partial charge >= 0.3 is 0 Å². The smallest absolute Gasteiger partial charge is 0.243 e. The number of likely N-dealkylation sites (tertiary alicyclic amines) is 1. The quantitative estimate of drug-likeness (QED) is 0.785. The molecule has 0 bridgehead atoms. The SMILES string of the molecule is Cc1ccc(C)c(S(=O)(=O)N2CCN(C(=O)CN3CCCC[C@H]3C)CC2)c1. The average molecular weight is 394 g/mol. The Kier molecular flexibility index (Phi) is 6.23. The lowest BCUT2D eigenvalue weighted by Gasteiger charge is -2.37. The first-order valence-electron chi connectivity index (χ1n) is 9.88. The Morgan fingerprint density at radius 3 is 2.44 bits per heavy atom.